The second-order valence-electron chi connectivity index (χ2n) is 3.69. The molecule has 2 N–H and O–H groups in total. The maximum atomic E-state index is 5.92. The highest BCUT2D eigenvalue weighted by Crippen LogP contribution is 2.27. The number of nitrogen functional groups attached to an aromatic ring is 1. The first-order chi connectivity index (χ1) is 8.17. The maximum Gasteiger partial charge on any atom is 0.166 e. The molecule has 3 nitrogen and oxygen atoms in total. The van der Waals surface area contributed by atoms with Crippen LogP contribution in [0.1, 0.15) is 19.4 Å². The predicted octanol–water partition coefficient (Wildman–Crippen LogP) is 3.07. The van der Waals surface area contributed by atoms with E-state index in [0.29, 0.717) is 13.2 Å². The number of ether oxygens (including phenoxy) is 2. The third kappa shape index (κ3) is 4.98. The predicted molar refractivity (Wildman–Crippen MR) is 73.4 cm³/mol. The second kappa shape index (κ2) is 7.58. The summed E-state index contributed by atoms with van der Waals surface area (Å²) in [5.74, 6) is 0.759. The Morgan fingerprint density at radius 1 is 1.24 bits per heavy atom. The third-order valence-electron chi connectivity index (χ3n) is 2.25. The summed E-state index contributed by atoms with van der Waals surface area (Å²) < 4.78 is 11.0. The van der Waals surface area contributed by atoms with Gasteiger partial charge >= 0.3 is 0 Å². The van der Waals surface area contributed by atoms with E-state index in [9.17, 15) is 0 Å². The lowest BCUT2D eigenvalue weighted by molar-refractivity contribution is -0.120. The lowest BCUT2D eigenvalue weighted by atomic mass is 10.2. The molecule has 0 saturated carbocycles. The molecule has 0 aliphatic heterocycles. The van der Waals surface area contributed by atoms with E-state index < -0.39 is 0 Å². The summed E-state index contributed by atoms with van der Waals surface area (Å²) in [7, 11) is 0. The summed E-state index contributed by atoms with van der Waals surface area (Å²) >= 11 is 1.67. The van der Waals surface area contributed by atoms with E-state index in [1.165, 1.54) is 5.56 Å². The minimum atomic E-state index is -0.157. The molecule has 96 valence electrons. The molecule has 17 heavy (non-hydrogen) atoms. The number of hydrogen-bond acceptors (Lipinski definition) is 4. The Bertz CT molecular complexity index is 338. The van der Waals surface area contributed by atoms with Crippen LogP contribution < -0.4 is 5.73 Å². The van der Waals surface area contributed by atoms with Gasteiger partial charge in [0.25, 0.3) is 0 Å². The molecule has 1 aromatic rings. The number of benzene rings is 1. The van der Waals surface area contributed by atoms with Crippen molar-refractivity contribution in [2.24, 2.45) is 0 Å². The second-order valence-corrected chi connectivity index (χ2v) is 4.75. The van der Waals surface area contributed by atoms with Crippen LogP contribution >= 0.6 is 11.8 Å². The van der Waals surface area contributed by atoms with Crippen molar-refractivity contribution in [1.29, 1.82) is 0 Å². The van der Waals surface area contributed by atoms with Gasteiger partial charge in [0.05, 0.1) is 0 Å². The normalized spacial score (nSPS) is 11.1. The molecule has 0 amide bonds. The van der Waals surface area contributed by atoms with Crippen molar-refractivity contribution in [3.8, 4) is 0 Å². The van der Waals surface area contributed by atoms with E-state index >= 15 is 0 Å². The first-order valence-electron chi connectivity index (χ1n) is 5.89. The first kappa shape index (κ1) is 14.4. The van der Waals surface area contributed by atoms with Crippen LogP contribution in [0.3, 0.4) is 0 Å². The number of aryl methyl sites for hydroxylation is 1. The molecule has 0 atom stereocenters. The number of rotatable bonds is 7. The van der Waals surface area contributed by atoms with Crippen LogP contribution in [0.5, 0.6) is 0 Å². The van der Waals surface area contributed by atoms with E-state index in [-0.39, 0.29) is 6.29 Å². The van der Waals surface area contributed by atoms with Crippen molar-refractivity contribution < 1.29 is 9.47 Å². The van der Waals surface area contributed by atoms with Gasteiger partial charge in [0.2, 0.25) is 0 Å². The van der Waals surface area contributed by atoms with Gasteiger partial charge in [-0.25, -0.2) is 0 Å². The molecular weight excluding hydrogens is 234 g/mol. The molecule has 0 spiro atoms. The number of thioether (sulfide) groups is 1. The molecule has 0 bridgehead atoms. The summed E-state index contributed by atoms with van der Waals surface area (Å²) in [5, 5.41) is 0. The number of hydrogen-bond donors (Lipinski definition) is 1. The molecule has 0 saturated heterocycles. The van der Waals surface area contributed by atoms with Gasteiger partial charge in [-0.05, 0) is 38.5 Å². The SMILES string of the molecule is CCOC(CSc1cc(C)ccc1N)OCC. The zero-order chi connectivity index (χ0) is 12.7. The molecule has 0 fully saturated rings. The van der Waals surface area contributed by atoms with E-state index in [1.54, 1.807) is 11.8 Å². The molecular formula is C13H21NO2S. The van der Waals surface area contributed by atoms with Gasteiger partial charge in [-0.3, -0.25) is 0 Å². The van der Waals surface area contributed by atoms with Crippen molar-refractivity contribution in [2.45, 2.75) is 32.0 Å². The quantitative estimate of drug-likeness (QED) is 0.462. The zero-order valence-electron chi connectivity index (χ0n) is 10.7. The summed E-state index contributed by atoms with van der Waals surface area (Å²) in [6, 6.07) is 6.05. The largest absolute Gasteiger partial charge is 0.398 e. The molecule has 4 heteroatoms. The molecule has 0 heterocycles. The topological polar surface area (TPSA) is 44.5 Å². The highest BCUT2D eigenvalue weighted by atomic mass is 32.2. The minimum Gasteiger partial charge on any atom is -0.398 e. The number of nitrogens with two attached hydrogens (primary N) is 1. The summed E-state index contributed by atoms with van der Waals surface area (Å²) in [5.41, 5.74) is 7.95. The van der Waals surface area contributed by atoms with Crippen LogP contribution in [0.4, 0.5) is 5.69 Å². The van der Waals surface area contributed by atoms with Crippen molar-refractivity contribution >= 4 is 17.4 Å². The molecule has 1 rings (SSSR count). The maximum absolute atomic E-state index is 5.92. The monoisotopic (exact) mass is 255 g/mol. The first-order valence-corrected chi connectivity index (χ1v) is 6.88. The molecule has 1 aromatic carbocycles. The Labute approximate surface area is 108 Å². The van der Waals surface area contributed by atoms with Gasteiger partial charge in [0.15, 0.2) is 6.29 Å². The van der Waals surface area contributed by atoms with Crippen LogP contribution in [-0.4, -0.2) is 25.3 Å². The van der Waals surface area contributed by atoms with Crippen molar-refractivity contribution in [3.05, 3.63) is 23.8 Å². The van der Waals surface area contributed by atoms with Crippen LogP contribution in [0, 0.1) is 6.92 Å². The lowest BCUT2D eigenvalue weighted by Crippen LogP contribution is -2.20. The van der Waals surface area contributed by atoms with E-state index in [0.717, 1.165) is 16.3 Å². The molecule has 0 aliphatic rings. The standard InChI is InChI=1S/C13H21NO2S/c1-4-15-13(16-5-2)9-17-12-8-10(3)6-7-11(12)14/h6-8,13H,4-5,9,14H2,1-3H3. The highest BCUT2D eigenvalue weighted by Gasteiger charge is 2.10. The Morgan fingerprint density at radius 3 is 2.47 bits per heavy atom. The average molecular weight is 255 g/mol. The van der Waals surface area contributed by atoms with Crippen molar-refractivity contribution in [3.63, 3.8) is 0 Å². The number of anilines is 1. The van der Waals surface area contributed by atoms with Gasteiger partial charge in [0, 0.05) is 29.5 Å². The Hall–Kier alpha value is -0.710. The van der Waals surface area contributed by atoms with E-state index in [4.69, 9.17) is 15.2 Å². The van der Waals surface area contributed by atoms with Gasteiger partial charge in [0.1, 0.15) is 0 Å². The van der Waals surface area contributed by atoms with Crippen LogP contribution in [0.15, 0.2) is 23.1 Å². The Kier molecular flexibility index (Phi) is 6.40. The van der Waals surface area contributed by atoms with E-state index in [1.807, 2.05) is 26.0 Å². The fourth-order valence-corrected chi connectivity index (χ4v) is 2.45. The molecule has 0 unspecified atom stereocenters. The Morgan fingerprint density at radius 2 is 1.88 bits per heavy atom. The van der Waals surface area contributed by atoms with Crippen LogP contribution in [0.2, 0.25) is 0 Å². The fourth-order valence-electron chi connectivity index (χ4n) is 1.44. The van der Waals surface area contributed by atoms with Gasteiger partial charge in [-0.1, -0.05) is 6.07 Å². The Balaban J connectivity index is 2.55. The summed E-state index contributed by atoms with van der Waals surface area (Å²) in [6.07, 6.45) is -0.157. The van der Waals surface area contributed by atoms with Gasteiger partial charge < -0.3 is 15.2 Å². The lowest BCUT2D eigenvalue weighted by Gasteiger charge is -2.17. The van der Waals surface area contributed by atoms with Crippen molar-refractivity contribution in [2.75, 3.05) is 24.7 Å². The molecule has 0 aliphatic carbocycles. The molecule has 0 aromatic heterocycles. The van der Waals surface area contributed by atoms with E-state index in [2.05, 4.69) is 13.0 Å². The van der Waals surface area contributed by atoms with Crippen molar-refractivity contribution in [1.82, 2.24) is 0 Å². The summed E-state index contributed by atoms with van der Waals surface area (Å²) in [4.78, 5) is 1.09. The minimum absolute atomic E-state index is 0.157. The summed E-state index contributed by atoms with van der Waals surface area (Å²) in [6.45, 7) is 7.32. The van der Waals surface area contributed by atoms with Gasteiger partial charge in [-0.15, -0.1) is 11.8 Å². The van der Waals surface area contributed by atoms with Gasteiger partial charge in [-0.2, -0.15) is 0 Å². The smallest absolute Gasteiger partial charge is 0.166 e. The average Bonchev–Trinajstić information content (AvgIpc) is 2.30. The zero-order valence-corrected chi connectivity index (χ0v) is 11.5. The van der Waals surface area contributed by atoms with Crippen LogP contribution in [0.25, 0.3) is 0 Å². The highest BCUT2D eigenvalue weighted by molar-refractivity contribution is 7.99. The fraction of sp³-hybridized carbons (Fsp3) is 0.538. The third-order valence-corrected chi connectivity index (χ3v) is 3.35. The molecule has 0 radical (unpaired) electrons. The van der Waals surface area contributed by atoms with Crippen LogP contribution in [-0.2, 0) is 9.47 Å².